The maximum atomic E-state index is 12.5. The van der Waals surface area contributed by atoms with E-state index >= 15 is 0 Å². The number of fused-ring (bicyclic) bond motifs is 1. The molecule has 0 radical (unpaired) electrons. The van der Waals surface area contributed by atoms with Crippen LogP contribution in [0, 0.1) is 6.92 Å². The number of ether oxygens (including phenoxy) is 2. The highest BCUT2D eigenvalue weighted by molar-refractivity contribution is 7.99. The second kappa shape index (κ2) is 12.5. The summed E-state index contributed by atoms with van der Waals surface area (Å²) in [4.78, 5) is 34.7. The highest BCUT2D eigenvalue weighted by atomic mass is 32.2. The molecule has 1 N–H and O–H groups in total. The van der Waals surface area contributed by atoms with Crippen molar-refractivity contribution in [2.75, 3.05) is 18.4 Å². The number of rotatable bonds is 7. The largest absolute Gasteiger partial charge is 0.454 e. The number of likely N-dealkylation sites (tertiary alicyclic amines) is 1. The minimum Gasteiger partial charge on any atom is -0.454 e. The van der Waals surface area contributed by atoms with E-state index in [0.29, 0.717) is 36.3 Å². The van der Waals surface area contributed by atoms with Crippen LogP contribution in [0.2, 0.25) is 0 Å². The number of nitrogens with one attached hydrogen (secondary N) is 1. The molecule has 0 aliphatic carbocycles. The maximum Gasteiger partial charge on any atom is 0.410 e. The zero-order valence-electron chi connectivity index (χ0n) is 24.4. The highest BCUT2D eigenvalue weighted by Crippen LogP contribution is 2.42. The van der Waals surface area contributed by atoms with Crippen LogP contribution in [0.4, 0.5) is 15.7 Å². The molecular formula is C31H32N6O3S3. The van der Waals surface area contributed by atoms with Gasteiger partial charge in [0.25, 0.3) is 0 Å². The Morgan fingerprint density at radius 2 is 1.88 bits per heavy atom. The molecule has 0 saturated carbocycles. The smallest absolute Gasteiger partial charge is 0.410 e. The van der Waals surface area contributed by atoms with Crippen molar-refractivity contribution in [1.29, 1.82) is 0 Å². The Bertz CT molecular complexity index is 1740. The van der Waals surface area contributed by atoms with Gasteiger partial charge in [0.2, 0.25) is 0 Å². The number of carbonyl (C=O) groups excluding carboxylic acids is 1. The first-order valence-corrected chi connectivity index (χ1v) is 16.6. The van der Waals surface area contributed by atoms with Crippen molar-refractivity contribution in [3.05, 3.63) is 71.1 Å². The molecule has 5 aromatic heterocycles. The third-order valence-corrected chi connectivity index (χ3v) is 9.79. The van der Waals surface area contributed by atoms with E-state index in [4.69, 9.17) is 19.4 Å². The molecule has 1 aliphatic heterocycles. The number of hydrogen-bond donors (Lipinski definition) is 1. The molecule has 43 heavy (non-hydrogen) atoms. The molecule has 0 spiro atoms. The number of pyridine rings is 3. The Balaban J connectivity index is 1.18. The third-order valence-electron chi connectivity index (χ3n) is 6.86. The van der Waals surface area contributed by atoms with Crippen molar-refractivity contribution in [3.63, 3.8) is 0 Å². The van der Waals surface area contributed by atoms with E-state index in [1.54, 1.807) is 45.5 Å². The molecule has 222 valence electrons. The number of carbonyl (C=O) groups is 1. The fourth-order valence-corrected chi connectivity index (χ4v) is 7.42. The number of hydrogen-bond acceptors (Lipinski definition) is 11. The van der Waals surface area contributed by atoms with Crippen molar-refractivity contribution in [1.82, 2.24) is 24.8 Å². The number of anilines is 2. The van der Waals surface area contributed by atoms with Crippen LogP contribution in [0.5, 0.6) is 11.5 Å². The monoisotopic (exact) mass is 632 g/mol. The van der Waals surface area contributed by atoms with Crippen LogP contribution in [0.1, 0.15) is 50.9 Å². The van der Waals surface area contributed by atoms with Crippen LogP contribution in [-0.4, -0.2) is 49.6 Å². The lowest BCUT2D eigenvalue weighted by Crippen LogP contribution is -2.41. The molecule has 1 fully saturated rings. The molecule has 6 heterocycles. The Morgan fingerprint density at radius 1 is 1.05 bits per heavy atom. The molecule has 0 aromatic carbocycles. The predicted molar refractivity (Wildman–Crippen MR) is 172 cm³/mol. The molecular weight excluding hydrogens is 601 g/mol. The van der Waals surface area contributed by atoms with Gasteiger partial charge in [-0.25, -0.2) is 14.8 Å². The second-order valence-electron chi connectivity index (χ2n) is 11.2. The van der Waals surface area contributed by atoms with Gasteiger partial charge >= 0.3 is 6.09 Å². The number of amides is 1. The van der Waals surface area contributed by atoms with E-state index in [1.807, 2.05) is 70.4 Å². The van der Waals surface area contributed by atoms with Crippen LogP contribution in [0.25, 0.3) is 10.2 Å². The Labute approximate surface area is 262 Å². The molecule has 12 heteroatoms. The number of thiophene rings is 1. The SMILES string of the molecule is Cc1ncccc1Oc1cc(Nc2nc(C3CCN(C(=O)OC(C)(C)C)CC3)cs2)ncc1Sc1ccnc2ccsc12. The highest BCUT2D eigenvalue weighted by Gasteiger charge is 2.28. The molecule has 0 unspecified atom stereocenters. The summed E-state index contributed by atoms with van der Waals surface area (Å²) in [6.07, 6.45) is 6.86. The van der Waals surface area contributed by atoms with E-state index in [9.17, 15) is 4.79 Å². The van der Waals surface area contributed by atoms with Gasteiger partial charge < -0.3 is 19.7 Å². The second-order valence-corrected chi connectivity index (χ2v) is 14.1. The van der Waals surface area contributed by atoms with E-state index in [1.165, 1.54) is 0 Å². The van der Waals surface area contributed by atoms with Crippen LogP contribution >= 0.6 is 34.4 Å². The summed E-state index contributed by atoms with van der Waals surface area (Å²) in [5, 5.41) is 8.27. The van der Waals surface area contributed by atoms with Crippen molar-refractivity contribution >= 4 is 61.7 Å². The Hall–Kier alpha value is -3.74. The normalized spacial score (nSPS) is 14.2. The zero-order valence-corrected chi connectivity index (χ0v) is 26.8. The number of piperidine rings is 1. The third kappa shape index (κ3) is 7.09. The van der Waals surface area contributed by atoms with Gasteiger partial charge in [-0.2, -0.15) is 0 Å². The minimum atomic E-state index is -0.494. The summed E-state index contributed by atoms with van der Waals surface area (Å²) >= 11 is 4.82. The molecule has 6 rings (SSSR count). The number of aromatic nitrogens is 4. The van der Waals surface area contributed by atoms with Crippen molar-refractivity contribution < 1.29 is 14.3 Å². The summed E-state index contributed by atoms with van der Waals surface area (Å²) < 4.78 is 13.1. The Kier molecular flexibility index (Phi) is 8.51. The molecule has 5 aromatic rings. The standard InChI is InChI=1S/C31H32N6O3S3/c1-19-23(6-5-11-32-19)39-24-16-27(34-17-26(24)43-25-7-12-33-21-10-15-41-28(21)25)36-29-35-22(18-42-29)20-8-13-37(14-9-20)30(38)40-31(2,3)4/h5-7,10-12,15-18,20H,8-9,13-14H2,1-4H3,(H,34,35,36). The zero-order chi connectivity index (χ0) is 30.0. The number of nitrogens with zero attached hydrogens (tertiary/aromatic N) is 5. The summed E-state index contributed by atoms with van der Waals surface area (Å²) in [7, 11) is 0. The Morgan fingerprint density at radius 3 is 2.67 bits per heavy atom. The van der Waals surface area contributed by atoms with Gasteiger partial charge in [-0.05, 0) is 70.2 Å². The number of aryl methyl sites for hydroxylation is 1. The van der Waals surface area contributed by atoms with E-state index in [0.717, 1.165) is 49.4 Å². The first-order valence-electron chi connectivity index (χ1n) is 14.0. The topological polar surface area (TPSA) is 102 Å². The van der Waals surface area contributed by atoms with Crippen molar-refractivity contribution in [2.24, 2.45) is 0 Å². The van der Waals surface area contributed by atoms with Gasteiger partial charge in [0.1, 0.15) is 22.9 Å². The molecule has 1 aliphatic rings. The lowest BCUT2D eigenvalue weighted by molar-refractivity contribution is 0.0204. The fraction of sp³-hybridized carbons (Fsp3) is 0.323. The molecule has 1 amide bonds. The van der Waals surface area contributed by atoms with Crippen LogP contribution < -0.4 is 10.1 Å². The van der Waals surface area contributed by atoms with Crippen LogP contribution in [0.3, 0.4) is 0 Å². The van der Waals surface area contributed by atoms with Gasteiger partial charge in [-0.15, -0.1) is 22.7 Å². The van der Waals surface area contributed by atoms with Crippen molar-refractivity contribution in [3.8, 4) is 11.5 Å². The molecule has 0 atom stereocenters. The van der Waals surface area contributed by atoms with E-state index in [2.05, 4.69) is 26.0 Å². The van der Waals surface area contributed by atoms with Gasteiger partial charge in [-0.1, -0.05) is 11.8 Å². The first-order chi connectivity index (χ1) is 20.7. The quantitative estimate of drug-likeness (QED) is 0.189. The van der Waals surface area contributed by atoms with Gasteiger partial charge in [-0.3, -0.25) is 9.97 Å². The van der Waals surface area contributed by atoms with E-state index < -0.39 is 5.60 Å². The summed E-state index contributed by atoms with van der Waals surface area (Å²) in [5.41, 5.74) is 2.31. The van der Waals surface area contributed by atoms with Crippen LogP contribution in [0.15, 0.2) is 69.5 Å². The average Bonchev–Trinajstić information content (AvgIpc) is 3.65. The maximum absolute atomic E-state index is 12.5. The molecule has 9 nitrogen and oxygen atoms in total. The molecule has 1 saturated heterocycles. The minimum absolute atomic E-state index is 0.248. The van der Waals surface area contributed by atoms with Gasteiger partial charge in [0.15, 0.2) is 5.13 Å². The van der Waals surface area contributed by atoms with Crippen molar-refractivity contribution in [2.45, 2.75) is 61.8 Å². The summed E-state index contributed by atoms with van der Waals surface area (Å²) in [6, 6.07) is 9.72. The number of thiazole rings is 1. The fourth-order valence-electron chi connectivity index (χ4n) is 4.72. The average molecular weight is 633 g/mol. The summed E-state index contributed by atoms with van der Waals surface area (Å²) in [6.45, 7) is 8.91. The summed E-state index contributed by atoms with van der Waals surface area (Å²) in [5.74, 6) is 2.29. The van der Waals surface area contributed by atoms with Gasteiger partial charge in [0, 0.05) is 53.9 Å². The predicted octanol–water partition coefficient (Wildman–Crippen LogP) is 8.65. The first kappa shape index (κ1) is 29.3. The molecule has 0 bridgehead atoms. The van der Waals surface area contributed by atoms with E-state index in [-0.39, 0.29) is 6.09 Å². The van der Waals surface area contributed by atoms with Gasteiger partial charge in [0.05, 0.1) is 26.5 Å². The van der Waals surface area contributed by atoms with Crippen LogP contribution in [-0.2, 0) is 4.74 Å². The lowest BCUT2D eigenvalue weighted by atomic mass is 9.94. The lowest BCUT2D eigenvalue weighted by Gasteiger charge is -2.32.